The molecule has 2 aliphatic rings. The van der Waals surface area contributed by atoms with E-state index in [-0.39, 0.29) is 0 Å². The largest absolute Gasteiger partial charge is 0.486 e. The SMILES string of the molecule is CCC1CN(C(C)C)c2cc(CC3CCCCN3)ccc2O1. The molecule has 2 atom stereocenters. The fourth-order valence-electron chi connectivity index (χ4n) is 3.63. The van der Waals surface area contributed by atoms with Crippen molar-refractivity contribution < 1.29 is 4.74 Å². The average Bonchev–Trinajstić information content (AvgIpc) is 2.54. The third-order valence-electron chi connectivity index (χ3n) is 5.00. The first kappa shape index (κ1) is 15.7. The molecule has 0 saturated carbocycles. The Hall–Kier alpha value is -1.22. The Morgan fingerprint density at radius 2 is 2.18 bits per heavy atom. The Kier molecular flexibility index (Phi) is 4.92. The number of fused-ring (bicyclic) bond motifs is 1. The lowest BCUT2D eigenvalue weighted by molar-refractivity contribution is 0.186. The van der Waals surface area contributed by atoms with Crippen molar-refractivity contribution in [3.8, 4) is 5.75 Å². The summed E-state index contributed by atoms with van der Waals surface area (Å²) in [5.74, 6) is 1.06. The van der Waals surface area contributed by atoms with E-state index in [0.29, 0.717) is 18.2 Å². The highest BCUT2D eigenvalue weighted by Crippen LogP contribution is 2.36. The van der Waals surface area contributed by atoms with E-state index in [4.69, 9.17) is 4.74 Å². The minimum atomic E-state index is 0.320. The molecule has 22 heavy (non-hydrogen) atoms. The van der Waals surface area contributed by atoms with Gasteiger partial charge in [0.1, 0.15) is 11.9 Å². The van der Waals surface area contributed by atoms with Crippen LogP contribution in [-0.4, -0.2) is 31.3 Å². The molecule has 1 aromatic carbocycles. The van der Waals surface area contributed by atoms with Gasteiger partial charge in [0, 0.05) is 12.1 Å². The number of anilines is 1. The standard InChI is InChI=1S/C19H30N2O/c1-4-17-13-21(14(2)3)18-12-15(8-9-19(18)22-17)11-16-7-5-6-10-20-16/h8-9,12,14,16-17,20H,4-7,10-11,13H2,1-3H3. The number of piperidine rings is 1. The minimum Gasteiger partial charge on any atom is -0.486 e. The van der Waals surface area contributed by atoms with Crippen LogP contribution in [0.2, 0.25) is 0 Å². The van der Waals surface area contributed by atoms with Crippen LogP contribution in [0.4, 0.5) is 5.69 Å². The Bertz CT molecular complexity index is 494. The van der Waals surface area contributed by atoms with Crippen LogP contribution in [0.3, 0.4) is 0 Å². The van der Waals surface area contributed by atoms with Gasteiger partial charge < -0.3 is 15.0 Å². The number of ether oxygens (including phenoxy) is 1. The van der Waals surface area contributed by atoms with Crippen LogP contribution in [0.1, 0.15) is 52.0 Å². The third-order valence-corrected chi connectivity index (χ3v) is 5.00. The number of benzene rings is 1. The van der Waals surface area contributed by atoms with Gasteiger partial charge in [-0.3, -0.25) is 0 Å². The Labute approximate surface area is 135 Å². The normalized spacial score (nSPS) is 25.0. The van der Waals surface area contributed by atoms with Crippen molar-refractivity contribution >= 4 is 5.69 Å². The lowest BCUT2D eigenvalue weighted by atomic mass is 9.97. The molecule has 0 amide bonds. The van der Waals surface area contributed by atoms with Gasteiger partial charge in [0.2, 0.25) is 0 Å². The molecule has 0 radical (unpaired) electrons. The average molecular weight is 302 g/mol. The quantitative estimate of drug-likeness (QED) is 0.916. The van der Waals surface area contributed by atoms with E-state index in [1.165, 1.54) is 37.1 Å². The van der Waals surface area contributed by atoms with Crippen LogP contribution in [0.15, 0.2) is 18.2 Å². The summed E-state index contributed by atoms with van der Waals surface area (Å²) < 4.78 is 6.15. The molecule has 1 aromatic rings. The summed E-state index contributed by atoms with van der Waals surface area (Å²) in [5.41, 5.74) is 2.72. The van der Waals surface area contributed by atoms with E-state index in [2.05, 4.69) is 49.2 Å². The molecule has 2 unspecified atom stereocenters. The molecule has 0 bridgehead atoms. The monoisotopic (exact) mass is 302 g/mol. The first-order chi connectivity index (χ1) is 10.7. The first-order valence-corrected chi connectivity index (χ1v) is 8.97. The second-order valence-electron chi connectivity index (χ2n) is 7.05. The smallest absolute Gasteiger partial charge is 0.143 e. The highest BCUT2D eigenvalue weighted by atomic mass is 16.5. The lowest BCUT2D eigenvalue weighted by Gasteiger charge is -2.39. The van der Waals surface area contributed by atoms with Gasteiger partial charge >= 0.3 is 0 Å². The summed E-state index contributed by atoms with van der Waals surface area (Å²) in [5, 5.41) is 3.65. The minimum absolute atomic E-state index is 0.320. The zero-order valence-corrected chi connectivity index (χ0v) is 14.3. The lowest BCUT2D eigenvalue weighted by Crippen LogP contribution is -2.43. The maximum atomic E-state index is 6.15. The molecule has 3 rings (SSSR count). The van der Waals surface area contributed by atoms with Gasteiger partial charge in [-0.25, -0.2) is 0 Å². The number of hydrogen-bond acceptors (Lipinski definition) is 3. The fourth-order valence-corrected chi connectivity index (χ4v) is 3.63. The van der Waals surface area contributed by atoms with E-state index in [0.717, 1.165) is 25.1 Å². The van der Waals surface area contributed by atoms with Crippen molar-refractivity contribution in [1.29, 1.82) is 0 Å². The van der Waals surface area contributed by atoms with Crippen molar-refractivity contribution in [3.63, 3.8) is 0 Å². The maximum Gasteiger partial charge on any atom is 0.143 e. The van der Waals surface area contributed by atoms with Gasteiger partial charge in [0.15, 0.2) is 0 Å². The van der Waals surface area contributed by atoms with E-state index >= 15 is 0 Å². The van der Waals surface area contributed by atoms with E-state index in [1.54, 1.807) is 0 Å². The molecule has 122 valence electrons. The van der Waals surface area contributed by atoms with Crippen LogP contribution < -0.4 is 15.0 Å². The van der Waals surface area contributed by atoms with E-state index in [9.17, 15) is 0 Å². The zero-order chi connectivity index (χ0) is 15.5. The third kappa shape index (κ3) is 3.40. The van der Waals surface area contributed by atoms with Gasteiger partial charge in [-0.05, 0) is 63.8 Å². The predicted molar refractivity (Wildman–Crippen MR) is 93.0 cm³/mol. The van der Waals surface area contributed by atoms with Gasteiger partial charge in [-0.1, -0.05) is 19.4 Å². The van der Waals surface area contributed by atoms with Gasteiger partial charge in [-0.2, -0.15) is 0 Å². The topological polar surface area (TPSA) is 24.5 Å². The molecule has 3 nitrogen and oxygen atoms in total. The van der Waals surface area contributed by atoms with Crippen molar-refractivity contribution in [2.75, 3.05) is 18.0 Å². The van der Waals surface area contributed by atoms with Crippen LogP contribution in [0, 0.1) is 0 Å². The molecule has 0 aliphatic carbocycles. The van der Waals surface area contributed by atoms with Crippen LogP contribution in [-0.2, 0) is 6.42 Å². The Morgan fingerprint density at radius 1 is 1.32 bits per heavy atom. The number of hydrogen-bond donors (Lipinski definition) is 1. The number of nitrogens with zero attached hydrogens (tertiary/aromatic N) is 1. The van der Waals surface area contributed by atoms with E-state index < -0.39 is 0 Å². The number of nitrogens with one attached hydrogen (secondary N) is 1. The molecule has 2 heterocycles. The van der Waals surface area contributed by atoms with Crippen LogP contribution >= 0.6 is 0 Å². The summed E-state index contributed by atoms with van der Waals surface area (Å²) in [6.45, 7) is 8.94. The van der Waals surface area contributed by atoms with Crippen LogP contribution in [0.25, 0.3) is 0 Å². The highest BCUT2D eigenvalue weighted by molar-refractivity contribution is 5.62. The summed E-state index contributed by atoms with van der Waals surface area (Å²) in [7, 11) is 0. The predicted octanol–water partition coefficient (Wildman–Crippen LogP) is 3.76. The van der Waals surface area contributed by atoms with Gasteiger partial charge in [0.25, 0.3) is 0 Å². The fraction of sp³-hybridized carbons (Fsp3) is 0.684. The van der Waals surface area contributed by atoms with Gasteiger partial charge in [0.05, 0.1) is 12.2 Å². The zero-order valence-electron chi connectivity index (χ0n) is 14.3. The molecule has 1 N–H and O–H groups in total. The van der Waals surface area contributed by atoms with Crippen molar-refractivity contribution in [1.82, 2.24) is 5.32 Å². The van der Waals surface area contributed by atoms with Crippen molar-refractivity contribution in [2.45, 2.75) is 71.1 Å². The molecular weight excluding hydrogens is 272 g/mol. The molecule has 2 aliphatic heterocycles. The maximum absolute atomic E-state index is 6.15. The first-order valence-electron chi connectivity index (χ1n) is 8.97. The number of rotatable bonds is 4. The van der Waals surface area contributed by atoms with Crippen molar-refractivity contribution in [2.24, 2.45) is 0 Å². The Balaban J connectivity index is 1.80. The molecule has 1 fully saturated rings. The van der Waals surface area contributed by atoms with Gasteiger partial charge in [-0.15, -0.1) is 0 Å². The molecular formula is C19H30N2O. The highest BCUT2D eigenvalue weighted by Gasteiger charge is 2.26. The summed E-state index contributed by atoms with van der Waals surface area (Å²) in [6, 6.07) is 7.96. The molecule has 0 aromatic heterocycles. The second kappa shape index (κ2) is 6.91. The summed E-state index contributed by atoms with van der Waals surface area (Å²) >= 11 is 0. The van der Waals surface area contributed by atoms with E-state index in [1.807, 2.05) is 0 Å². The summed E-state index contributed by atoms with van der Waals surface area (Å²) in [6.07, 6.45) is 6.52. The Morgan fingerprint density at radius 3 is 2.86 bits per heavy atom. The second-order valence-corrected chi connectivity index (χ2v) is 7.05. The molecule has 1 saturated heterocycles. The van der Waals surface area contributed by atoms with Crippen LogP contribution in [0.5, 0.6) is 5.75 Å². The van der Waals surface area contributed by atoms with Crippen molar-refractivity contribution in [3.05, 3.63) is 23.8 Å². The summed E-state index contributed by atoms with van der Waals surface area (Å²) in [4.78, 5) is 2.50. The molecule has 0 spiro atoms. The molecule has 3 heteroatoms.